The first-order chi connectivity index (χ1) is 10.7. The third kappa shape index (κ3) is 2.86. The van der Waals surface area contributed by atoms with Gasteiger partial charge in [-0.2, -0.15) is 5.26 Å². The zero-order chi connectivity index (χ0) is 15.5. The van der Waals surface area contributed by atoms with E-state index < -0.39 is 0 Å². The molecule has 1 amide bonds. The third-order valence-electron chi connectivity index (χ3n) is 4.19. The Bertz CT molecular complexity index is 666. The van der Waals surface area contributed by atoms with E-state index in [0.29, 0.717) is 12.8 Å². The van der Waals surface area contributed by atoms with Crippen LogP contribution in [0.2, 0.25) is 0 Å². The van der Waals surface area contributed by atoms with Crippen LogP contribution in [0.25, 0.3) is 0 Å². The molecule has 3 rings (SSSR count). The molecule has 2 N–H and O–H groups in total. The van der Waals surface area contributed by atoms with Crippen molar-refractivity contribution < 1.29 is 4.79 Å². The molecular formula is C17H18N4O. The van der Waals surface area contributed by atoms with Gasteiger partial charge < -0.3 is 10.6 Å². The maximum absolute atomic E-state index is 12.2. The van der Waals surface area contributed by atoms with Gasteiger partial charge in [-0.3, -0.25) is 9.79 Å². The quantitative estimate of drug-likeness (QED) is 0.656. The second-order valence-corrected chi connectivity index (χ2v) is 5.77. The second kappa shape index (κ2) is 6.02. The molecule has 0 saturated heterocycles. The Morgan fingerprint density at radius 3 is 2.73 bits per heavy atom. The summed E-state index contributed by atoms with van der Waals surface area (Å²) >= 11 is 0. The predicted molar refractivity (Wildman–Crippen MR) is 83.9 cm³/mol. The zero-order valence-electron chi connectivity index (χ0n) is 12.4. The van der Waals surface area contributed by atoms with Gasteiger partial charge in [0.2, 0.25) is 5.91 Å². The topological polar surface area (TPSA) is 77.3 Å². The van der Waals surface area contributed by atoms with Crippen molar-refractivity contribution >= 4 is 11.6 Å². The summed E-state index contributed by atoms with van der Waals surface area (Å²) in [4.78, 5) is 16.8. The van der Waals surface area contributed by atoms with Crippen LogP contribution in [0.5, 0.6) is 0 Å². The van der Waals surface area contributed by atoms with Crippen LogP contribution < -0.4 is 10.6 Å². The molecule has 0 bridgehead atoms. The average Bonchev–Trinajstić information content (AvgIpc) is 2.84. The van der Waals surface area contributed by atoms with Crippen molar-refractivity contribution in [1.82, 2.24) is 10.6 Å². The minimum absolute atomic E-state index is 0.0141. The lowest BCUT2D eigenvalue weighted by atomic mass is 9.79. The lowest BCUT2D eigenvalue weighted by Crippen LogP contribution is -2.46. The summed E-state index contributed by atoms with van der Waals surface area (Å²) in [7, 11) is 0. The van der Waals surface area contributed by atoms with Gasteiger partial charge in [0.15, 0.2) is 6.19 Å². The van der Waals surface area contributed by atoms with Crippen molar-refractivity contribution in [2.75, 3.05) is 0 Å². The van der Waals surface area contributed by atoms with Gasteiger partial charge in [-0.25, -0.2) is 0 Å². The van der Waals surface area contributed by atoms with Gasteiger partial charge in [0, 0.05) is 17.7 Å². The van der Waals surface area contributed by atoms with Crippen LogP contribution in [-0.4, -0.2) is 23.7 Å². The predicted octanol–water partition coefficient (Wildman–Crippen LogP) is 1.73. The van der Waals surface area contributed by atoms with Gasteiger partial charge in [-0.15, -0.1) is 0 Å². The van der Waals surface area contributed by atoms with Crippen molar-refractivity contribution in [3.05, 3.63) is 47.7 Å². The zero-order valence-corrected chi connectivity index (χ0v) is 12.4. The summed E-state index contributed by atoms with van der Waals surface area (Å²) in [5.41, 5.74) is 2.81. The van der Waals surface area contributed by atoms with E-state index in [0.717, 1.165) is 17.0 Å². The first-order valence-corrected chi connectivity index (χ1v) is 7.47. The van der Waals surface area contributed by atoms with E-state index in [1.165, 1.54) is 0 Å². The van der Waals surface area contributed by atoms with Gasteiger partial charge in [0.25, 0.3) is 0 Å². The Morgan fingerprint density at radius 2 is 2.05 bits per heavy atom. The fourth-order valence-electron chi connectivity index (χ4n) is 2.78. The SMILES string of the molecule is CC1N=C(c2ccccc2)C=C1NC(=O)C1CC(NC#N)C1. The molecule has 0 radical (unpaired) electrons. The standard InChI is InChI=1S/C17H18N4O/c1-11-15(9-16(20-11)12-5-3-2-4-6-12)21-17(22)13-7-14(8-13)19-10-18/h2-6,9,11,13-14,19H,7-8H2,1H3,(H,21,22). The minimum atomic E-state index is -0.0349. The van der Waals surface area contributed by atoms with E-state index in [1.807, 2.05) is 49.5 Å². The van der Waals surface area contributed by atoms with E-state index in [4.69, 9.17) is 5.26 Å². The van der Waals surface area contributed by atoms with Crippen LogP contribution in [0.15, 0.2) is 47.1 Å². The number of amides is 1. The number of rotatable bonds is 4. The number of carbonyl (C=O) groups excluding carboxylic acids is 1. The van der Waals surface area contributed by atoms with Crippen LogP contribution in [0.4, 0.5) is 0 Å². The molecule has 1 unspecified atom stereocenters. The fourth-order valence-corrected chi connectivity index (χ4v) is 2.78. The minimum Gasteiger partial charge on any atom is -0.327 e. The molecule has 1 aromatic rings. The van der Waals surface area contributed by atoms with Crippen molar-refractivity contribution in [2.45, 2.75) is 31.8 Å². The third-order valence-corrected chi connectivity index (χ3v) is 4.19. The van der Waals surface area contributed by atoms with Crippen LogP contribution in [0.3, 0.4) is 0 Å². The molecule has 5 nitrogen and oxygen atoms in total. The molecule has 2 aliphatic rings. The van der Waals surface area contributed by atoms with E-state index in [-0.39, 0.29) is 23.9 Å². The molecule has 1 heterocycles. The second-order valence-electron chi connectivity index (χ2n) is 5.77. The highest BCUT2D eigenvalue weighted by Crippen LogP contribution is 2.28. The summed E-state index contributed by atoms with van der Waals surface area (Å²) in [5, 5.41) is 14.2. The van der Waals surface area contributed by atoms with Gasteiger partial charge in [0.05, 0.1) is 11.8 Å². The Hall–Kier alpha value is -2.61. The lowest BCUT2D eigenvalue weighted by molar-refractivity contribution is -0.127. The molecule has 1 fully saturated rings. The number of nitrogens with zero attached hydrogens (tertiary/aromatic N) is 2. The molecule has 112 valence electrons. The monoisotopic (exact) mass is 294 g/mol. The maximum atomic E-state index is 12.2. The van der Waals surface area contributed by atoms with Crippen molar-refractivity contribution in [2.24, 2.45) is 10.9 Å². The Kier molecular flexibility index (Phi) is 3.92. The Labute approximate surface area is 129 Å². The van der Waals surface area contributed by atoms with E-state index in [1.54, 1.807) is 0 Å². The smallest absolute Gasteiger partial charge is 0.227 e. The molecule has 1 atom stereocenters. The molecule has 5 heteroatoms. The van der Waals surface area contributed by atoms with E-state index in [9.17, 15) is 4.79 Å². The van der Waals surface area contributed by atoms with E-state index >= 15 is 0 Å². The number of nitrogens with one attached hydrogen (secondary N) is 2. The van der Waals surface area contributed by atoms with Gasteiger partial charge >= 0.3 is 0 Å². The fraction of sp³-hybridized carbons (Fsp3) is 0.353. The maximum Gasteiger partial charge on any atom is 0.227 e. The Morgan fingerprint density at radius 1 is 1.32 bits per heavy atom. The number of carbonyl (C=O) groups is 1. The molecular weight excluding hydrogens is 276 g/mol. The molecule has 1 aromatic carbocycles. The van der Waals surface area contributed by atoms with Gasteiger partial charge in [-0.05, 0) is 31.4 Å². The summed E-state index contributed by atoms with van der Waals surface area (Å²) in [6.45, 7) is 1.98. The van der Waals surface area contributed by atoms with Gasteiger partial charge in [-0.1, -0.05) is 30.3 Å². The first kappa shape index (κ1) is 14.3. The lowest BCUT2D eigenvalue weighted by Gasteiger charge is -2.33. The summed E-state index contributed by atoms with van der Waals surface area (Å²) < 4.78 is 0. The summed E-state index contributed by atoms with van der Waals surface area (Å²) in [6, 6.07) is 10.1. The van der Waals surface area contributed by atoms with Crippen LogP contribution in [0.1, 0.15) is 25.3 Å². The molecule has 1 aliphatic heterocycles. The van der Waals surface area contributed by atoms with Crippen molar-refractivity contribution in [3.63, 3.8) is 0 Å². The number of allylic oxidation sites excluding steroid dienone is 1. The molecule has 0 spiro atoms. The molecule has 22 heavy (non-hydrogen) atoms. The van der Waals surface area contributed by atoms with Crippen LogP contribution in [0, 0.1) is 17.4 Å². The highest BCUT2D eigenvalue weighted by Gasteiger charge is 2.35. The van der Waals surface area contributed by atoms with Crippen molar-refractivity contribution in [1.29, 1.82) is 5.26 Å². The van der Waals surface area contributed by atoms with Crippen molar-refractivity contribution in [3.8, 4) is 6.19 Å². The number of nitriles is 1. The Balaban J connectivity index is 1.60. The normalized spacial score (nSPS) is 26.3. The molecule has 1 aliphatic carbocycles. The highest BCUT2D eigenvalue weighted by atomic mass is 16.2. The van der Waals surface area contributed by atoms with Gasteiger partial charge in [0.1, 0.15) is 0 Å². The average molecular weight is 294 g/mol. The largest absolute Gasteiger partial charge is 0.327 e. The first-order valence-electron chi connectivity index (χ1n) is 7.47. The molecule has 1 saturated carbocycles. The molecule has 0 aromatic heterocycles. The number of aliphatic imine (C=N–C) groups is 1. The van der Waals surface area contributed by atoms with E-state index in [2.05, 4.69) is 15.6 Å². The number of hydrogen-bond donors (Lipinski definition) is 2. The highest BCUT2D eigenvalue weighted by molar-refractivity contribution is 6.11. The summed E-state index contributed by atoms with van der Waals surface area (Å²) in [5.74, 6) is 0.0123. The summed E-state index contributed by atoms with van der Waals surface area (Å²) in [6.07, 6.45) is 5.30. The number of hydrogen-bond acceptors (Lipinski definition) is 4. The van der Waals surface area contributed by atoms with Crippen LogP contribution >= 0.6 is 0 Å². The number of benzene rings is 1. The van der Waals surface area contributed by atoms with Crippen LogP contribution in [-0.2, 0) is 4.79 Å².